The standard InChI is InChI=1S/C28H27N5O3S/c1-17-6-9-20(10-7-17)37(35,36)33-25(13-22-26-18(14-29-27(22)33)15-30-32(26)5)23-16-31(4)24-11-8-19(12-21(23)24)28(2,3)34/h6-16,34H,1-5H3. The van der Waals surface area contributed by atoms with Gasteiger partial charge < -0.3 is 9.67 Å². The molecule has 0 aliphatic carbocycles. The fraction of sp³-hybridized carbons (Fsp3) is 0.214. The Balaban J connectivity index is 1.75. The van der Waals surface area contributed by atoms with Gasteiger partial charge in [-0.25, -0.2) is 17.4 Å². The molecule has 0 unspecified atom stereocenters. The Morgan fingerprint density at radius 2 is 1.68 bits per heavy atom. The number of pyridine rings is 1. The van der Waals surface area contributed by atoms with E-state index in [9.17, 15) is 13.5 Å². The lowest BCUT2D eigenvalue weighted by Gasteiger charge is -2.18. The fourth-order valence-corrected chi connectivity index (χ4v) is 6.49. The molecule has 6 aromatic rings. The lowest BCUT2D eigenvalue weighted by Crippen LogP contribution is -2.15. The molecule has 0 amide bonds. The highest BCUT2D eigenvalue weighted by molar-refractivity contribution is 7.90. The van der Waals surface area contributed by atoms with E-state index in [1.54, 1.807) is 55.2 Å². The van der Waals surface area contributed by atoms with Crippen molar-refractivity contribution in [3.63, 3.8) is 0 Å². The number of aromatic nitrogens is 5. The van der Waals surface area contributed by atoms with Crippen molar-refractivity contribution in [1.29, 1.82) is 0 Å². The second kappa shape index (κ2) is 7.77. The first kappa shape index (κ1) is 23.4. The number of hydrogen-bond donors (Lipinski definition) is 1. The summed E-state index contributed by atoms with van der Waals surface area (Å²) in [6.45, 7) is 5.39. The van der Waals surface area contributed by atoms with Crippen LogP contribution in [-0.2, 0) is 29.7 Å². The molecule has 37 heavy (non-hydrogen) atoms. The van der Waals surface area contributed by atoms with E-state index >= 15 is 0 Å². The molecule has 0 fully saturated rings. The molecule has 4 aromatic heterocycles. The molecule has 0 spiro atoms. The quantitative estimate of drug-likeness (QED) is 0.363. The van der Waals surface area contributed by atoms with Gasteiger partial charge in [0.05, 0.1) is 27.9 Å². The van der Waals surface area contributed by atoms with Gasteiger partial charge in [-0.3, -0.25) is 4.68 Å². The van der Waals surface area contributed by atoms with Crippen molar-refractivity contribution in [2.75, 3.05) is 0 Å². The van der Waals surface area contributed by atoms with Gasteiger partial charge in [-0.2, -0.15) is 5.10 Å². The van der Waals surface area contributed by atoms with Crippen LogP contribution in [0, 0.1) is 6.92 Å². The minimum absolute atomic E-state index is 0.182. The van der Waals surface area contributed by atoms with E-state index in [0.29, 0.717) is 16.7 Å². The summed E-state index contributed by atoms with van der Waals surface area (Å²) in [7, 11) is -0.255. The van der Waals surface area contributed by atoms with Crippen molar-refractivity contribution < 1.29 is 13.5 Å². The molecule has 0 saturated carbocycles. The molecule has 0 aliphatic heterocycles. The Hall–Kier alpha value is -3.95. The van der Waals surface area contributed by atoms with E-state index < -0.39 is 15.6 Å². The van der Waals surface area contributed by atoms with Crippen LogP contribution in [0.2, 0.25) is 0 Å². The lowest BCUT2D eigenvalue weighted by atomic mass is 9.96. The van der Waals surface area contributed by atoms with E-state index in [2.05, 4.69) is 10.1 Å². The molecule has 9 heteroatoms. The van der Waals surface area contributed by atoms with Crippen molar-refractivity contribution in [2.45, 2.75) is 31.3 Å². The molecule has 6 rings (SSSR count). The zero-order valence-electron chi connectivity index (χ0n) is 21.3. The summed E-state index contributed by atoms with van der Waals surface area (Å²) in [6, 6.07) is 14.5. The molecular weight excluding hydrogens is 486 g/mol. The van der Waals surface area contributed by atoms with Gasteiger partial charge in [-0.1, -0.05) is 23.8 Å². The minimum atomic E-state index is -4.01. The molecule has 0 atom stereocenters. The molecule has 0 aliphatic rings. The SMILES string of the molecule is Cc1ccc(S(=O)(=O)n2c(-c3cn(C)c4ccc(C(C)(C)O)cc34)cc3c4c(cnc32)cnn4C)cc1. The number of rotatable bonds is 4. The van der Waals surface area contributed by atoms with Crippen LogP contribution >= 0.6 is 0 Å². The summed E-state index contributed by atoms with van der Waals surface area (Å²) in [5.41, 5.74) is 3.95. The maximum atomic E-state index is 14.2. The summed E-state index contributed by atoms with van der Waals surface area (Å²) >= 11 is 0. The van der Waals surface area contributed by atoms with E-state index in [4.69, 9.17) is 0 Å². The third kappa shape index (κ3) is 3.49. The molecule has 2 aromatic carbocycles. The number of benzene rings is 2. The van der Waals surface area contributed by atoms with Crippen LogP contribution in [0.5, 0.6) is 0 Å². The molecule has 0 bridgehead atoms. The predicted octanol–water partition coefficient (Wildman–Crippen LogP) is 4.85. The van der Waals surface area contributed by atoms with Gasteiger partial charge in [0.25, 0.3) is 10.0 Å². The molecule has 188 valence electrons. The van der Waals surface area contributed by atoms with Gasteiger partial charge in [0, 0.05) is 53.7 Å². The average Bonchev–Trinajstić information content (AvgIpc) is 3.51. The molecule has 0 radical (unpaired) electrons. The van der Waals surface area contributed by atoms with Gasteiger partial charge in [-0.05, 0) is 56.7 Å². The van der Waals surface area contributed by atoms with Gasteiger partial charge in [-0.15, -0.1) is 0 Å². The van der Waals surface area contributed by atoms with Crippen molar-refractivity contribution >= 4 is 42.9 Å². The van der Waals surface area contributed by atoms with Crippen LogP contribution in [0.3, 0.4) is 0 Å². The van der Waals surface area contributed by atoms with Crippen molar-refractivity contribution in [2.24, 2.45) is 14.1 Å². The summed E-state index contributed by atoms with van der Waals surface area (Å²) < 4.78 is 33.4. The van der Waals surface area contributed by atoms with Gasteiger partial charge in [0.2, 0.25) is 0 Å². The van der Waals surface area contributed by atoms with Crippen LogP contribution in [0.1, 0.15) is 25.0 Å². The second-order valence-electron chi connectivity index (χ2n) is 10.1. The fourth-order valence-electron chi connectivity index (χ4n) is 5.01. The average molecular weight is 514 g/mol. The first-order chi connectivity index (χ1) is 17.5. The molecule has 1 N–H and O–H groups in total. The number of fused-ring (bicyclic) bond motifs is 4. The first-order valence-electron chi connectivity index (χ1n) is 11.9. The maximum Gasteiger partial charge on any atom is 0.269 e. The van der Waals surface area contributed by atoms with Crippen LogP contribution < -0.4 is 0 Å². The second-order valence-corrected chi connectivity index (χ2v) is 11.9. The third-order valence-electron chi connectivity index (χ3n) is 7.01. The lowest BCUT2D eigenvalue weighted by molar-refractivity contribution is 0.0787. The maximum absolute atomic E-state index is 14.2. The zero-order chi connectivity index (χ0) is 26.3. The molecule has 0 saturated heterocycles. The van der Waals surface area contributed by atoms with Crippen molar-refractivity contribution in [3.05, 3.63) is 78.2 Å². The number of hydrogen-bond acceptors (Lipinski definition) is 5. The third-order valence-corrected chi connectivity index (χ3v) is 8.73. The largest absolute Gasteiger partial charge is 0.386 e. The normalized spacial score (nSPS) is 12.8. The molecule has 8 nitrogen and oxygen atoms in total. The summed E-state index contributed by atoms with van der Waals surface area (Å²) in [5.74, 6) is 0. The Kier molecular flexibility index (Phi) is 4.93. The summed E-state index contributed by atoms with van der Waals surface area (Å²) in [5, 5.41) is 17.4. The summed E-state index contributed by atoms with van der Waals surface area (Å²) in [6.07, 6.45) is 5.31. The van der Waals surface area contributed by atoms with E-state index in [-0.39, 0.29) is 4.90 Å². The Bertz CT molecular complexity index is 1950. The van der Waals surface area contributed by atoms with Crippen LogP contribution in [0.4, 0.5) is 0 Å². The van der Waals surface area contributed by atoms with Crippen LogP contribution in [0.25, 0.3) is 44.1 Å². The minimum Gasteiger partial charge on any atom is -0.386 e. The molecular formula is C28H27N5O3S. The van der Waals surface area contributed by atoms with Gasteiger partial charge in [0.15, 0.2) is 5.65 Å². The van der Waals surface area contributed by atoms with Crippen molar-refractivity contribution in [3.8, 4) is 11.3 Å². The summed E-state index contributed by atoms with van der Waals surface area (Å²) in [4.78, 5) is 4.79. The zero-order valence-corrected chi connectivity index (χ0v) is 22.1. The smallest absolute Gasteiger partial charge is 0.269 e. The van der Waals surface area contributed by atoms with E-state index in [1.807, 2.05) is 56.0 Å². The van der Waals surface area contributed by atoms with E-state index in [0.717, 1.165) is 38.5 Å². The topological polar surface area (TPSA) is 94.9 Å². The van der Waals surface area contributed by atoms with E-state index in [1.165, 1.54) is 3.97 Å². The van der Waals surface area contributed by atoms with Crippen LogP contribution in [0.15, 0.2) is 72.0 Å². The highest BCUT2D eigenvalue weighted by atomic mass is 32.2. The van der Waals surface area contributed by atoms with Gasteiger partial charge in [0.1, 0.15) is 0 Å². The highest BCUT2D eigenvalue weighted by Crippen LogP contribution is 2.39. The number of nitrogens with zero attached hydrogens (tertiary/aromatic N) is 5. The van der Waals surface area contributed by atoms with Crippen LogP contribution in [-0.4, -0.2) is 36.8 Å². The van der Waals surface area contributed by atoms with Gasteiger partial charge >= 0.3 is 0 Å². The number of aliphatic hydroxyl groups is 1. The Labute approximate surface area is 214 Å². The Morgan fingerprint density at radius 1 is 0.946 bits per heavy atom. The number of aryl methyl sites for hydroxylation is 3. The first-order valence-corrected chi connectivity index (χ1v) is 13.4. The molecule has 4 heterocycles. The Morgan fingerprint density at radius 3 is 2.38 bits per heavy atom. The monoisotopic (exact) mass is 513 g/mol. The van der Waals surface area contributed by atoms with Crippen molar-refractivity contribution in [1.82, 2.24) is 23.3 Å². The highest BCUT2D eigenvalue weighted by Gasteiger charge is 2.28. The predicted molar refractivity (Wildman–Crippen MR) is 145 cm³/mol.